The van der Waals surface area contributed by atoms with Crippen LogP contribution in [0.15, 0.2) is 12.4 Å². The second kappa shape index (κ2) is 8.49. The molecule has 2 unspecified atom stereocenters. The molecule has 0 aliphatic carbocycles. The maximum absolute atomic E-state index is 12.3. The highest BCUT2D eigenvalue weighted by Crippen LogP contribution is 2.20. The maximum Gasteiger partial charge on any atom is 0.227 e. The van der Waals surface area contributed by atoms with E-state index in [0.717, 1.165) is 24.9 Å². The van der Waals surface area contributed by atoms with Gasteiger partial charge in [0.15, 0.2) is 0 Å². The number of carbonyl (C=O) groups excluding carboxylic acids is 1. The number of aromatic nitrogens is 2. The number of halogens is 2. The summed E-state index contributed by atoms with van der Waals surface area (Å²) in [4.78, 5) is 14.3. The van der Waals surface area contributed by atoms with Crippen molar-refractivity contribution in [3.8, 4) is 0 Å². The molecule has 1 saturated heterocycles. The fraction of sp³-hybridized carbons (Fsp3) is 0.692. The van der Waals surface area contributed by atoms with Gasteiger partial charge in [0.1, 0.15) is 0 Å². The van der Waals surface area contributed by atoms with Crippen molar-refractivity contribution in [3.05, 3.63) is 18.0 Å². The van der Waals surface area contributed by atoms with Gasteiger partial charge in [-0.3, -0.25) is 9.48 Å². The third-order valence-electron chi connectivity index (χ3n) is 3.59. The summed E-state index contributed by atoms with van der Waals surface area (Å²) in [5.41, 5.74) is 6.95. The Hall–Kier alpha value is -0.780. The van der Waals surface area contributed by atoms with Crippen LogP contribution < -0.4 is 5.73 Å². The van der Waals surface area contributed by atoms with Crippen molar-refractivity contribution >= 4 is 30.7 Å². The van der Waals surface area contributed by atoms with E-state index in [1.54, 1.807) is 10.9 Å². The zero-order valence-corrected chi connectivity index (χ0v) is 13.6. The van der Waals surface area contributed by atoms with E-state index in [4.69, 9.17) is 5.73 Å². The van der Waals surface area contributed by atoms with Crippen LogP contribution in [-0.2, 0) is 18.3 Å². The highest BCUT2D eigenvalue weighted by Gasteiger charge is 2.29. The monoisotopic (exact) mass is 322 g/mol. The standard InChI is InChI=1S/C13H22N4O.2ClH/c1-10(14)12-5-3-4-6-17(12)13(18)7-11-8-15-16(2)9-11;;/h8-10,12H,3-7,14H2,1-2H3;2*1H. The van der Waals surface area contributed by atoms with Gasteiger partial charge in [0.25, 0.3) is 0 Å². The number of nitrogens with two attached hydrogens (primary N) is 1. The van der Waals surface area contributed by atoms with Crippen LogP contribution in [-0.4, -0.2) is 39.2 Å². The smallest absolute Gasteiger partial charge is 0.227 e. The molecule has 2 heterocycles. The fourth-order valence-electron chi connectivity index (χ4n) is 2.65. The first-order valence-electron chi connectivity index (χ1n) is 6.60. The number of hydrogen-bond acceptors (Lipinski definition) is 3. The third-order valence-corrected chi connectivity index (χ3v) is 3.59. The van der Waals surface area contributed by atoms with Crippen LogP contribution in [0.2, 0.25) is 0 Å². The number of likely N-dealkylation sites (tertiary alicyclic amines) is 1. The summed E-state index contributed by atoms with van der Waals surface area (Å²) in [6, 6.07) is 0.242. The molecule has 1 aromatic heterocycles. The minimum Gasteiger partial charge on any atom is -0.338 e. The molecule has 1 aliphatic rings. The van der Waals surface area contributed by atoms with E-state index in [0.29, 0.717) is 6.42 Å². The quantitative estimate of drug-likeness (QED) is 0.918. The fourth-order valence-corrected chi connectivity index (χ4v) is 2.65. The minimum absolute atomic E-state index is 0. The Morgan fingerprint density at radius 2 is 2.20 bits per heavy atom. The number of amides is 1. The Kier molecular flexibility index (Phi) is 8.16. The Bertz CT molecular complexity index is 422. The Balaban J connectivity index is 0.00000180. The molecule has 1 fully saturated rings. The lowest BCUT2D eigenvalue weighted by molar-refractivity contribution is -0.134. The summed E-state index contributed by atoms with van der Waals surface area (Å²) in [6.45, 7) is 2.83. The van der Waals surface area contributed by atoms with Crippen molar-refractivity contribution in [3.63, 3.8) is 0 Å². The molecule has 116 valence electrons. The van der Waals surface area contributed by atoms with Crippen molar-refractivity contribution in [2.45, 2.75) is 44.7 Å². The molecule has 1 aliphatic heterocycles. The minimum atomic E-state index is 0. The highest BCUT2D eigenvalue weighted by atomic mass is 35.5. The van der Waals surface area contributed by atoms with Gasteiger partial charge in [-0.1, -0.05) is 0 Å². The normalized spacial score (nSPS) is 19.8. The topological polar surface area (TPSA) is 64.2 Å². The van der Waals surface area contributed by atoms with E-state index in [1.807, 2.05) is 25.1 Å². The van der Waals surface area contributed by atoms with Crippen molar-refractivity contribution in [1.82, 2.24) is 14.7 Å². The van der Waals surface area contributed by atoms with Gasteiger partial charge in [-0.2, -0.15) is 5.10 Å². The first kappa shape index (κ1) is 19.2. The van der Waals surface area contributed by atoms with Gasteiger partial charge in [-0.05, 0) is 31.7 Å². The van der Waals surface area contributed by atoms with E-state index in [2.05, 4.69) is 5.10 Å². The van der Waals surface area contributed by atoms with Crippen molar-refractivity contribution in [1.29, 1.82) is 0 Å². The summed E-state index contributed by atoms with van der Waals surface area (Å²) in [5, 5.41) is 4.09. The van der Waals surface area contributed by atoms with Gasteiger partial charge in [-0.25, -0.2) is 0 Å². The van der Waals surface area contributed by atoms with E-state index in [9.17, 15) is 4.79 Å². The summed E-state index contributed by atoms with van der Waals surface area (Å²) in [6.07, 6.45) is 7.35. The van der Waals surface area contributed by atoms with E-state index in [-0.39, 0.29) is 42.8 Å². The molecular weight excluding hydrogens is 299 g/mol. The number of piperidine rings is 1. The molecule has 0 radical (unpaired) electrons. The SMILES string of the molecule is CC(N)C1CCCCN1C(=O)Cc1cnn(C)c1.Cl.Cl. The van der Waals surface area contributed by atoms with Crippen LogP contribution >= 0.6 is 24.8 Å². The zero-order chi connectivity index (χ0) is 13.1. The second-order valence-electron chi connectivity index (χ2n) is 5.21. The van der Waals surface area contributed by atoms with Crippen molar-refractivity contribution < 1.29 is 4.79 Å². The predicted octanol–water partition coefficient (Wildman–Crippen LogP) is 1.53. The molecule has 0 spiro atoms. The van der Waals surface area contributed by atoms with Gasteiger partial charge < -0.3 is 10.6 Å². The van der Waals surface area contributed by atoms with Gasteiger partial charge in [-0.15, -0.1) is 24.8 Å². The first-order valence-corrected chi connectivity index (χ1v) is 6.60. The maximum atomic E-state index is 12.3. The third kappa shape index (κ3) is 4.65. The Labute approximate surface area is 132 Å². The molecule has 20 heavy (non-hydrogen) atoms. The van der Waals surface area contributed by atoms with Crippen LogP contribution in [0.3, 0.4) is 0 Å². The lowest BCUT2D eigenvalue weighted by atomic mass is 9.96. The molecule has 1 amide bonds. The Morgan fingerprint density at radius 1 is 1.50 bits per heavy atom. The average molecular weight is 323 g/mol. The van der Waals surface area contributed by atoms with Crippen LogP contribution in [0.25, 0.3) is 0 Å². The number of nitrogens with zero attached hydrogens (tertiary/aromatic N) is 3. The molecule has 1 aromatic rings. The molecule has 0 bridgehead atoms. The number of rotatable bonds is 3. The predicted molar refractivity (Wildman–Crippen MR) is 84.4 cm³/mol. The van der Waals surface area contributed by atoms with Gasteiger partial charge in [0, 0.05) is 31.9 Å². The molecule has 0 saturated carbocycles. The number of aryl methyl sites for hydroxylation is 1. The van der Waals surface area contributed by atoms with Crippen molar-refractivity contribution in [2.24, 2.45) is 12.8 Å². The van der Waals surface area contributed by atoms with Crippen LogP contribution in [0.1, 0.15) is 31.7 Å². The molecule has 2 rings (SSSR count). The molecule has 2 atom stereocenters. The van der Waals surface area contributed by atoms with E-state index in [1.165, 1.54) is 6.42 Å². The van der Waals surface area contributed by atoms with E-state index < -0.39 is 0 Å². The average Bonchev–Trinajstić information content (AvgIpc) is 2.74. The van der Waals surface area contributed by atoms with Crippen molar-refractivity contribution in [2.75, 3.05) is 6.54 Å². The molecule has 2 N–H and O–H groups in total. The number of hydrogen-bond donors (Lipinski definition) is 1. The second-order valence-corrected chi connectivity index (χ2v) is 5.21. The molecular formula is C13H24Cl2N4O. The van der Waals surface area contributed by atoms with Gasteiger partial charge in [0.2, 0.25) is 5.91 Å². The summed E-state index contributed by atoms with van der Waals surface area (Å²) >= 11 is 0. The van der Waals surface area contributed by atoms with Gasteiger partial charge in [0.05, 0.1) is 12.6 Å². The van der Waals surface area contributed by atoms with Crippen LogP contribution in [0, 0.1) is 0 Å². The highest BCUT2D eigenvalue weighted by molar-refractivity contribution is 5.85. The van der Waals surface area contributed by atoms with E-state index >= 15 is 0 Å². The molecule has 7 heteroatoms. The summed E-state index contributed by atoms with van der Waals surface area (Å²) in [5.74, 6) is 0.171. The van der Waals surface area contributed by atoms with Gasteiger partial charge >= 0.3 is 0 Å². The first-order chi connectivity index (χ1) is 8.58. The summed E-state index contributed by atoms with van der Waals surface area (Å²) < 4.78 is 1.72. The van der Waals surface area contributed by atoms with Crippen LogP contribution in [0.5, 0.6) is 0 Å². The van der Waals surface area contributed by atoms with Crippen LogP contribution in [0.4, 0.5) is 0 Å². The zero-order valence-electron chi connectivity index (χ0n) is 12.0. The Morgan fingerprint density at radius 3 is 2.75 bits per heavy atom. The largest absolute Gasteiger partial charge is 0.338 e. The molecule has 0 aromatic carbocycles. The lowest BCUT2D eigenvalue weighted by Gasteiger charge is -2.38. The lowest BCUT2D eigenvalue weighted by Crippen LogP contribution is -2.52. The summed E-state index contributed by atoms with van der Waals surface area (Å²) in [7, 11) is 1.86. The number of carbonyl (C=O) groups is 1. The molecule has 5 nitrogen and oxygen atoms in total.